The molecule has 0 radical (unpaired) electrons. The van der Waals surface area contributed by atoms with Crippen molar-refractivity contribution >= 4 is 17.5 Å². The number of nitrogens with zero attached hydrogens (tertiary/aromatic N) is 1. The topological polar surface area (TPSA) is 64.9 Å². The van der Waals surface area contributed by atoms with Crippen molar-refractivity contribution in [1.29, 1.82) is 5.26 Å². The summed E-state index contributed by atoms with van der Waals surface area (Å²) in [6.07, 6.45) is 1.40. The fourth-order valence-corrected chi connectivity index (χ4v) is 3.74. The van der Waals surface area contributed by atoms with E-state index >= 15 is 0 Å². The molecule has 0 fully saturated rings. The minimum absolute atomic E-state index is 0.172. The number of rotatable bonds is 8. The van der Waals surface area contributed by atoms with Gasteiger partial charge in [0.05, 0.1) is 11.6 Å². The van der Waals surface area contributed by atoms with Crippen LogP contribution in [0.5, 0.6) is 0 Å². The van der Waals surface area contributed by atoms with E-state index in [1.165, 1.54) is 6.07 Å². The summed E-state index contributed by atoms with van der Waals surface area (Å²) in [6, 6.07) is 20.9. The van der Waals surface area contributed by atoms with E-state index in [0.29, 0.717) is 22.6 Å². The molecule has 1 amide bonds. The Morgan fingerprint density at radius 2 is 1.72 bits per heavy atom. The number of aryl methyl sites for hydroxylation is 2. The molecule has 0 aliphatic heterocycles. The van der Waals surface area contributed by atoms with Crippen LogP contribution in [0.25, 0.3) is 0 Å². The fraction of sp³-hybridized carbons (Fsp3) is 0.231. The Balaban J connectivity index is 1.90. The smallest absolute Gasteiger partial charge is 0.241 e. The van der Waals surface area contributed by atoms with Crippen molar-refractivity contribution in [2.24, 2.45) is 0 Å². The van der Waals surface area contributed by atoms with Crippen LogP contribution in [-0.4, -0.2) is 13.0 Å². The van der Waals surface area contributed by atoms with Crippen LogP contribution in [0.15, 0.2) is 66.7 Å². The van der Waals surface area contributed by atoms with Crippen molar-refractivity contribution < 1.29 is 9.18 Å². The third-order valence-electron chi connectivity index (χ3n) is 5.47. The van der Waals surface area contributed by atoms with Gasteiger partial charge in [0.2, 0.25) is 5.91 Å². The predicted molar refractivity (Wildman–Crippen MR) is 125 cm³/mol. The highest BCUT2D eigenvalue weighted by Crippen LogP contribution is 2.27. The molecule has 32 heavy (non-hydrogen) atoms. The predicted octanol–water partition coefficient (Wildman–Crippen LogP) is 5.41. The number of nitriles is 1. The van der Waals surface area contributed by atoms with Gasteiger partial charge in [0.1, 0.15) is 11.9 Å². The molecule has 0 aromatic heterocycles. The molecule has 0 aliphatic rings. The van der Waals surface area contributed by atoms with Crippen LogP contribution in [0, 0.1) is 24.1 Å². The summed E-state index contributed by atoms with van der Waals surface area (Å²) in [5.74, 6) is -0.435. The number of halogens is 2. The van der Waals surface area contributed by atoms with Crippen LogP contribution in [0.2, 0.25) is 5.02 Å². The van der Waals surface area contributed by atoms with Gasteiger partial charge in [-0.2, -0.15) is 5.26 Å². The molecule has 0 spiro atoms. The van der Waals surface area contributed by atoms with Crippen molar-refractivity contribution in [3.8, 4) is 6.07 Å². The molecule has 6 heteroatoms. The number of carbonyl (C=O) groups is 1. The molecule has 0 saturated carbocycles. The Morgan fingerprint density at radius 3 is 2.31 bits per heavy atom. The van der Waals surface area contributed by atoms with Crippen LogP contribution in [0.1, 0.15) is 46.3 Å². The quantitative estimate of drug-likeness (QED) is 0.483. The molecule has 2 N–H and O–H groups in total. The van der Waals surface area contributed by atoms with Gasteiger partial charge in [-0.15, -0.1) is 0 Å². The zero-order chi connectivity index (χ0) is 23.1. The van der Waals surface area contributed by atoms with Gasteiger partial charge < -0.3 is 5.32 Å². The normalized spacial score (nSPS) is 12.6. The van der Waals surface area contributed by atoms with Crippen molar-refractivity contribution in [2.75, 3.05) is 7.05 Å². The summed E-state index contributed by atoms with van der Waals surface area (Å²) in [4.78, 5) is 12.7. The fourth-order valence-electron chi connectivity index (χ4n) is 3.61. The van der Waals surface area contributed by atoms with E-state index in [1.807, 2.05) is 30.3 Å². The standard InChI is InChI=1S/C26H25ClFN3O/c1-17-15-21(10-13-23(17)28)24(14-7-18-3-5-19(16-29)6-4-18)31-25(26(32)30-2)20-8-11-22(27)12-9-20/h3-6,8-13,15,24-25,31H,7,14H2,1-2H3,(H,30,32). The Kier molecular flexibility index (Phi) is 7.99. The highest BCUT2D eigenvalue weighted by Gasteiger charge is 2.24. The number of likely N-dealkylation sites (N-methyl/N-ethyl adjacent to an activating group) is 1. The lowest BCUT2D eigenvalue weighted by molar-refractivity contribution is -0.123. The SMILES string of the molecule is CNC(=O)C(NC(CCc1ccc(C#N)cc1)c1ccc(F)c(C)c1)c1ccc(Cl)cc1. The van der Waals surface area contributed by atoms with E-state index in [-0.39, 0.29) is 17.8 Å². The molecule has 0 saturated heterocycles. The van der Waals surface area contributed by atoms with Crippen LogP contribution < -0.4 is 10.6 Å². The lowest BCUT2D eigenvalue weighted by Crippen LogP contribution is -2.38. The number of hydrogen-bond donors (Lipinski definition) is 2. The minimum atomic E-state index is -0.603. The molecule has 4 nitrogen and oxygen atoms in total. The second-order valence-corrected chi connectivity index (χ2v) is 8.11. The van der Waals surface area contributed by atoms with Crippen LogP contribution in [-0.2, 0) is 11.2 Å². The van der Waals surface area contributed by atoms with Gasteiger partial charge in [-0.1, -0.05) is 48.0 Å². The molecule has 0 heterocycles. The van der Waals surface area contributed by atoms with Gasteiger partial charge >= 0.3 is 0 Å². The molecule has 3 aromatic rings. The van der Waals surface area contributed by atoms with Crippen molar-refractivity contribution in [2.45, 2.75) is 31.8 Å². The van der Waals surface area contributed by atoms with E-state index in [4.69, 9.17) is 16.9 Å². The second-order valence-electron chi connectivity index (χ2n) is 7.67. The average Bonchev–Trinajstić information content (AvgIpc) is 2.82. The van der Waals surface area contributed by atoms with Gasteiger partial charge in [0.15, 0.2) is 0 Å². The van der Waals surface area contributed by atoms with Crippen LogP contribution >= 0.6 is 11.6 Å². The van der Waals surface area contributed by atoms with Gasteiger partial charge in [-0.25, -0.2) is 4.39 Å². The van der Waals surface area contributed by atoms with Gasteiger partial charge in [0.25, 0.3) is 0 Å². The Morgan fingerprint density at radius 1 is 1.06 bits per heavy atom. The monoisotopic (exact) mass is 449 g/mol. The Hall–Kier alpha value is -3.20. The molecule has 0 bridgehead atoms. The van der Waals surface area contributed by atoms with Gasteiger partial charge in [0, 0.05) is 18.1 Å². The maximum Gasteiger partial charge on any atom is 0.241 e. The third-order valence-corrected chi connectivity index (χ3v) is 5.72. The maximum absolute atomic E-state index is 13.9. The van der Waals surface area contributed by atoms with Crippen molar-refractivity contribution in [3.63, 3.8) is 0 Å². The van der Waals surface area contributed by atoms with Gasteiger partial charge in [-0.05, 0) is 72.4 Å². The van der Waals surface area contributed by atoms with E-state index in [0.717, 1.165) is 23.1 Å². The highest BCUT2D eigenvalue weighted by molar-refractivity contribution is 6.30. The summed E-state index contributed by atoms with van der Waals surface area (Å²) in [7, 11) is 1.60. The summed E-state index contributed by atoms with van der Waals surface area (Å²) >= 11 is 6.03. The van der Waals surface area contributed by atoms with Crippen molar-refractivity contribution in [3.05, 3.63) is 105 Å². The Bertz CT molecular complexity index is 1110. The second kappa shape index (κ2) is 10.9. The first kappa shape index (κ1) is 23.5. The summed E-state index contributed by atoms with van der Waals surface area (Å²) < 4.78 is 13.9. The lowest BCUT2D eigenvalue weighted by Gasteiger charge is -2.26. The molecule has 2 unspecified atom stereocenters. The number of benzene rings is 3. The largest absolute Gasteiger partial charge is 0.358 e. The van der Waals surface area contributed by atoms with E-state index < -0.39 is 6.04 Å². The first-order valence-electron chi connectivity index (χ1n) is 10.4. The van der Waals surface area contributed by atoms with Gasteiger partial charge in [-0.3, -0.25) is 10.1 Å². The molecule has 164 valence electrons. The molecule has 2 atom stereocenters. The van der Waals surface area contributed by atoms with E-state index in [1.54, 1.807) is 44.3 Å². The Labute approximate surface area is 193 Å². The molecular formula is C26H25ClFN3O. The molecule has 3 rings (SSSR count). The number of hydrogen-bond acceptors (Lipinski definition) is 3. The van der Waals surface area contributed by atoms with Crippen LogP contribution in [0.4, 0.5) is 4.39 Å². The number of nitrogens with one attached hydrogen (secondary N) is 2. The van der Waals surface area contributed by atoms with Crippen LogP contribution in [0.3, 0.4) is 0 Å². The zero-order valence-electron chi connectivity index (χ0n) is 18.0. The number of carbonyl (C=O) groups excluding carboxylic acids is 1. The maximum atomic E-state index is 13.9. The zero-order valence-corrected chi connectivity index (χ0v) is 18.8. The lowest BCUT2D eigenvalue weighted by atomic mass is 9.95. The molecular weight excluding hydrogens is 425 g/mol. The minimum Gasteiger partial charge on any atom is -0.358 e. The highest BCUT2D eigenvalue weighted by atomic mass is 35.5. The molecule has 3 aromatic carbocycles. The molecule has 0 aliphatic carbocycles. The summed E-state index contributed by atoms with van der Waals surface area (Å²) in [6.45, 7) is 1.73. The third kappa shape index (κ3) is 5.94. The summed E-state index contributed by atoms with van der Waals surface area (Å²) in [5.41, 5.74) is 3.93. The average molecular weight is 450 g/mol. The van der Waals surface area contributed by atoms with Crippen molar-refractivity contribution in [1.82, 2.24) is 10.6 Å². The number of amides is 1. The first-order chi connectivity index (χ1) is 15.4. The van der Waals surface area contributed by atoms with E-state index in [9.17, 15) is 9.18 Å². The van der Waals surface area contributed by atoms with E-state index in [2.05, 4.69) is 16.7 Å². The first-order valence-corrected chi connectivity index (χ1v) is 10.8. The summed E-state index contributed by atoms with van der Waals surface area (Å²) in [5, 5.41) is 15.8.